The lowest BCUT2D eigenvalue weighted by Gasteiger charge is -2.12. The van der Waals surface area contributed by atoms with Crippen LogP contribution in [-0.2, 0) is 0 Å². The summed E-state index contributed by atoms with van der Waals surface area (Å²) >= 11 is 1.34. The maximum Gasteiger partial charge on any atom is 0.387 e. The molecule has 0 aliphatic rings. The lowest BCUT2D eigenvalue weighted by Crippen LogP contribution is -2.29. The van der Waals surface area contributed by atoms with Gasteiger partial charge in [0.25, 0.3) is 5.91 Å². The summed E-state index contributed by atoms with van der Waals surface area (Å²) in [6, 6.07) is 2.61. The summed E-state index contributed by atoms with van der Waals surface area (Å²) in [4.78, 5) is 11.8. The van der Waals surface area contributed by atoms with Gasteiger partial charge in [-0.25, -0.2) is 8.78 Å². The molecule has 0 spiro atoms. The normalized spacial score (nSPS) is 12.3. The second-order valence-corrected chi connectivity index (χ2v) is 5.20. The topological polar surface area (TPSA) is 58.6 Å². The molecule has 1 heterocycles. The number of rotatable bonds is 6. The van der Waals surface area contributed by atoms with Gasteiger partial charge in [0.1, 0.15) is 22.9 Å². The summed E-state index contributed by atoms with van der Waals surface area (Å²) in [5, 5.41) is 15.3. The van der Waals surface area contributed by atoms with E-state index in [1.54, 1.807) is 16.8 Å². The minimum atomic E-state index is -3.24. The summed E-state index contributed by atoms with van der Waals surface area (Å²) in [5.74, 6) is -4.53. The zero-order chi connectivity index (χ0) is 17.0. The van der Waals surface area contributed by atoms with Crippen LogP contribution in [0.3, 0.4) is 0 Å². The lowest BCUT2D eigenvalue weighted by molar-refractivity contribution is -0.0501. The second-order valence-electron chi connectivity index (χ2n) is 4.42. The Balaban J connectivity index is 2.07. The van der Waals surface area contributed by atoms with Gasteiger partial charge in [-0.05, 0) is 22.4 Å². The third-order valence-electron chi connectivity index (χ3n) is 2.85. The number of halogens is 4. The molecule has 1 atom stereocenters. The monoisotopic (exact) mass is 349 g/mol. The van der Waals surface area contributed by atoms with Crippen LogP contribution in [0.2, 0.25) is 0 Å². The molecule has 23 heavy (non-hydrogen) atoms. The van der Waals surface area contributed by atoms with E-state index in [0.29, 0.717) is 17.7 Å². The Morgan fingerprint density at radius 3 is 2.48 bits per heavy atom. The van der Waals surface area contributed by atoms with Crippen molar-refractivity contribution < 1.29 is 32.2 Å². The first-order valence-electron chi connectivity index (χ1n) is 6.30. The number of amides is 1. The van der Waals surface area contributed by atoms with E-state index < -0.39 is 41.6 Å². The molecule has 2 aromatic rings. The molecule has 0 saturated heterocycles. The van der Waals surface area contributed by atoms with Crippen molar-refractivity contribution in [2.75, 3.05) is 6.54 Å². The van der Waals surface area contributed by atoms with Gasteiger partial charge in [0.05, 0.1) is 6.10 Å². The molecule has 0 bridgehead atoms. The predicted molar refractivity (Wildman–Crippen MR) is 74.6 cm³/mol. The number of hydrogen-bond donors (Lipinski definition) is 2. The van der Waals surface area contributed by atoms with Crippen molar-refractivity contribution in [3.05, 3.63) is 51.7 Å². The van der Waals surface area contributed by atoms with Crippen molar-refractivity contribution >= 4 is 17.2 Å². The van der Waals surface area contributed by atoms with Gasteiger partial charge >= 0.3 is 6.61 Å². The van der Waals surface area contributed by atoms with E-state index >= 15 is 0 Å². The first-order chi connectivity index (χ1) is 10.9. The average molecular weight is 349 g/mol. The van der Waals surface area contributed by atoms with E-state index in [4.69, 9.17) is 0 Å². The SMILES string of the molecule is O=C(NCC(O)c1ccsc1)c1c(F)cc(OC(F)F)cc1F. The van der Waals surface area contributed by atoms with E-state index in [0.717, 1.165) is 0 Å². The third-order valence-corrected chi connectivity index (χ3v) is 3.55. The van der Waals surface area contributed by atoms with Gasteiger partial charge in [-0.3, -0.25) is 4.79 Å². The Morgan fingerprint density at radius 1 is 1.30 bits per heavy atom. The van der Waals surface area contributed by atoms with Crippen LogP contribution in [0.1, 0.15) is 22.0 Å². The molecule has 9 heteroatoms. The van der Waals surface area contributed by atoms with Crippen LogP contribution in [-0.4, -0.2) is 24.2 Å². The first kappa shape index (κ1) is 17.2. The van der Waals surface area contributed by atoms with Gasteiger partial charge in [0.2, 0.25) is 0 Å². The van der Waals surface area contributed by atoms with E-state index in [2.05, 4.69) is 10.1 Å². The van der Waals surface area contributed by atoms with Crippen molar-refractivity contribution in [2.45, 2.75) is 12.7 Å². The maximum absolute atomic E-state index is 13.7. The van der Waals surface area contributed by atoms with E-state index in [1.807, 2.05) is 0 Å². The fourth-order valence-corrected chi connectivity index (χ4v) is 2.50. The fourth-order valence-electron chi connectivity index (χ4n) is 1.80. The number of alkyl halides is 2. The number of ether oxygens (including phenoxy) is 1. The molecule has 4 nitrogen and oxygen atoms in total. The molecule has 1 aromatic carbocycles. The highest BCUT2D eigenvalue weighted by Gasteiger charge is 2.21. The Labute approximate surface area is 132 Å². The standard InChI is InChI=1S/C14H11F4NO3S/c15-9-3-8(22-14(17)18)4-10(16)12(9)13(21)19-5-11(20)7-1-2-23-6-7/h1-4,6,11,14,20H,5H2,(H,19,21). The molecule has 0 fully saturated rings. The van der Waals surface area contributed by atoms with E-state index in [1.165, 1.54) is 11.3 Å². The molecule has 0 aliphatic carbocycles. The number of thiophene rings is 1. The highest BCUT2D eigenvalue weighted by atomic mass is 32.1. The van der Waals surface area contributed by atoms with E-state index in [9.17, 15) is 27.5 Å². The summed E-state index contributed by atoms with van der Waals surface area (Å²) < 4.78 is 55.3. The van der Waals surface area contributed by atoms with Crippen molar-refractivity contribution in [3.63, 3.8) is 0 Å². The number of benzene rings is 1. The molecule has 124 valence electrons. The van der Waals surface area contributed by atoms with Gasteiger partial charge in [-0.2, -0.15) is 20.1 Å². The minimum absolute atomic E-state index is 0.260. The summed E-state index contributed by atoms with van der Waals surface area (Å²) in [6.45, 7) is -3.50. The van der Waals surface area contributed by atoms with Crippen LogP contribution in [0.4, 0.5) is 17.6 Å². The van der Waals surface area contributed by atoms with Crippen molar-refractivity contribution in [1.29, 1.82) is 0 Å². The number of carbonyl (C=O) groups is 1. The fraction of sp³-hybridized carbons (Fsp3) is 0.214. The molecule has 0 saturated carbocycles. The van der Waals surface area contributed by atoms with Crippen LogP contribution >= 0.6 is 11.3 Å². The van der Waals surface area contributed by atoms with Gasteiger partial charge in [-0.15, -0.1) is 0 Å². The number of hydrogen-bond acceptors (Lipinski definition) is 4. The molecule has 0 aliphatic heterocycles. The quantitative estimate of drug-likeness (QED) is 0.788. The molecule has 2 rings (SSSR count). The lowest BCUT2D eigenvalue weighted by atomic mass is 10.1. The Morgan fingerprint density at radius 2 is 1.96 bits per heavy atom. The van der Waals surface area contributed by atoms with Gasteiger partial charge in [0.15, 0.2) is 0 Å². The zero-order valence-electron chi connectivity index (χ0n) is 11.4. The van der Waals surface area contributed by atoms with Crippen LogP contribution in [0, 0.1) is 11.6 Å². The zero-order valence-corrected chi connectivity index (χ0v) is 12.2. The summed E-state index contributed by atoms with van der Waals surface area (Å²) in [6.07, 6.45) is -1.03. The Bertz CT molecular complexity index is 656. The maximum atomic E-state index is 13.7. The number of nitrogens with one attached hydrogen (secondary N) is 1. The number of aliphatic hydroxyl groups is 1. The molecular formula is C14H11F4NO3S. The first-order valence-corrected chi connectivity index (χ1v) is 7.25. The highest BCUT2D eigenvalue weighted by molar-refractivity contribution is 7.07. The number of aliphatic hydroxyl groups excluding tert-OH is 1. The van der Waals surface area contributed by atoms with E-state index in [-0.39, 0.29) is 6.54 Å². The van der Waals surface area contributed by atoms with Crippen LogP contribution in [0.5, 0.6) is 5.75 Å². The van der Waals surface area contributed by atoms with Gasteiger partial charge < -0.3 is 15.2 Å². The average Bonchev–Trinajstić information content (AvgIpc) is 2.97. The minimum Gasteiger partial charge on any atom is -0.435 e. The second kappa shape index (κ2) is 7.42. The van der Waals surface area contributed by atoms with Crippen LogP contribution in [0.25, 0.3) is 0 Å². The molecular weight excluding hydrogens is 338 g/mol. The number of carbonyl (C=O) groups excluding carboxylic acids is 1. The van der Waals surface area contributed by atoms with Crippen LogP contribution in [0.15, 0.2) is 29.0 Å². The smallest absolute Gasteiger partial charge is 0.387 e. The Hall–Kier alpha value is -2.13. The van der Waals surface area contributed by atoms with Crippen molar-refractivity contribution in [1.82, 2.24) is 5.32 Å². The van der Waals surface area contributed by atoms with Gasteiger partial charge in [0, 0.05) is 18.7 Å². The van der Waals surface area contributed by atoms with Crippen LogP contribution < -0.4 is 10.1 Å². The third kappa shape index (κ3) is 4.42. The molecule has 2 N–H and O–H groups in total. The molecule has 1 aromatic heterocycles. The molecule has 1 unspecified atom stereocenters. The molecule has 1 amide bonds. The summed E-state index contributed by atoms with van der Waals surface area (Å²) in [5.41, 5.74) is -0.388. The highest BCUT2D eigenvalue weighted by Crippen LogP contribution is 2.22. The summed E-state index contributed by atoms with van der Waals surface area (Å²) in [7, 11) is 0. The largest absolute Gasteiger partial charge is 0.435 e. The van der Waals surface area contributed by atoms with Crippen molar-refractivity contribution in [3.8, 4) is 5.75 Å². The van der Waals surface area contributed by atoms with Gasteiger partial charge in [-0.1, -0.05) is 0 Å². The predicted octanol–water partition coefficient (Wildman–Crippen LogP) is 3.09. The Kier molecular flexibility index (Phi) is 5.56. The van der Waals surface area contributed by atoms with Crippen molar-refractivity contribution in [2.24, 2.45) is 0 Å². The molecule has 0 radical (unpaired) electrons.